The van der Waals surface area contributed by atoms with Gasteiger partial charge >= 0.3 is 17.9 Å². The molecule has 6 nitrogen and oxygen atoms in total. The van der Waals surface area contributed by atoms with E-state index in [0.29, 0.717) is 19.3 Å². The summed E-state index contributed by atoms with van der Waals surface area (Å²) in [6, 6.07) is 0. The number of carbonyl (C=O) groups excluding carboxylic acids is 3. The fraction of sp³-hybridized carbons (Fsp3) is 0.638. The van der Waals surface area contributed by atoms with Gasteiger partial charge in [-0.25, -0.2) is 0 Å². The van der Waals surface area contributed by atoms with Crippen LogP contribution in [0.4, 0.5) is 0 Å². The Hall–Kier alpha value is -3.93. The topological polar surface area (TPSA) is 78.9 Å². The van der Waals surface area contributed by atoms with Gasteiger partial charge in [-0.05, 0) is 116 Å². The largest absolute Gasteiger partial charge is 0.462 e. The monoisotopic (exact) mass is 887 g/mol. The summed E-state index contributed by atoms with van der Waals surface area (Å²) in [4.78, 5) is 38.0. The van der Waals surface area contributed by atoms with Crippen molar-refractivity contribution in [3.05, 3.63) is 109 Å². The van der Waals surface area contributed by atoms with Crippen molar-refractivity contribution in [3.63, 3.8) is 0 Å². The molecule has 0 rings (SSSR count). The van der Waals surface area contributed by atoms with Crippen LogP contribution in [-0.4, -0.2) is 37.2 Å². The van der Waals surface area contributed by atoms with Gasteiger partial charge in [-0.2, -0.15) is 0 Å². The number of carbonyl (C=O) groups is 3. The van der Waals surface area contributed by atoms with Gasteiger partial charge in [-0.15, -0.1) is 0 Å². The maximum Gasteiger partial charge on any atom is 0.306 e. The standard InChI is InChI=1S/C58H94O6/c1-4-7-10-13-16-19-22-25-28-29-31-33-36-39-42-45-48-51-57(60)63-54-55(53-62-56(59)50-47-44-41-38-35-32-27-24-21-18-15-12-9-6-3)64-58(61)52-49-46-43-40-37-34-30-26-23-20-17-14-11-8-5-2/h7-8,10-11,16-17,19-20,24-28,30-31,33,39,42,55H,4-6,9,12-15,18,21-23,29,32,34-38,40-41,43-54H2,1-3H3/b10-7+,11-8+,19-16+,20-17+,27-24+,28-25+,30-26+,33-31+,42-39+/t55-/m1/s1. The van der Waals surface area contributed by atoms with E-state index in [1.54, 1.807) is 0 Å². The Kier molecular flexibility index (Phi) is 48.5. The molecule has 0 aliphatic carbocycles. The molecule has 0 unspecified atom stereocenters. The fourth-order valence-corrected chi connectivity index (χ4v) is 6.66. The summed E-state index contributed by atoms with van der Waals surface area (Å²) in [6.45, 7) is 6.32. The molecule has 0 aliphatic rings. The average Bonchev–Trinajstić information content (AvgIpc) is 3.29. The SMILES string of the molecule is CC/C=C/C/C=C/C/C=C/C/C=C/C/C=C/CCCC(=O)OC[C@@H](COC(=O)CCCCCCC/C=C/CCCCCCC)OC(=O)CCCCCCC/C=C/C/C=C/C/C=C/CC. The molecular weight excluding hydrogens is 793 g/mol. The van der Waals surface area contributed by atoms with Crippen LogP contribution in [0.15, 0.2) is 109 Å². The lowest BCUT2D eigenvalue weighted by Gasteiger charge is -2.18. The van der Waals surface area contributed by atoms with Crippen molar-refractivity contribution >= 4 is 17.9 Å². The first-order valence-corrected chi connectivity index (χ1v) is 25.9. The van der Waals surface area contributed by atoms with Crippen LogP contribution in [0, 0.1) is 0 Å². The Bertz CT molecular complexity index is 1340. The van der Waals surface area contributed by atoms with Gasteiger partial charge in [0, 0.05) is 19.3 Å². The third-order valence-electron chi connectivity index (χ3n) is 10.5. The molecule has 0 aliphatic heterocycles. The molecular formula is C58H94O6. The maximum absolute atomic E-state index is 12.8. The zero-order chi connectivity index (χ0) is 46.5. The summed E-state index contributed by atoms with van der Waals surface area (Å²) in [6.07, 6.45) is 69.3. The van der Waals surface area contributed by atoms with Gasteiger partial charge in [-0.3, -0.25) is 14.4 Å². The summed E-state index contributed by atoms with van der Waals surface area (Å²) in [5.41, 5.74) is 0. The Morgan fingerprint density at radius 2 is 0.625 bits per heavy atom. The van der Waals surface area contributed by atoms with Crippen LogP contribution < -0.4 is 0 Å². The first-order chi connectivity index (χ1) is 31.5. The van der Waals surface area contributed by atoms with E-state index >= 15 is 0 Å². The van der Waals surface area contributed by atoms with Crippen molar-refractivity contribution in [2.24, 2.45) is 0 Å². The molecule has 0 aromatic carbocycles. The molecule has 0 amide bonds. The Balaban J connectivity index is 4.54. The lowest BCUT2D eigenvalue weighted by molar-refractivity contribution is -0.167. The van der Waals surface area contributed by atoms with E-state index in [1.165, 1.54) is 44.9 Å². The van der Waals surface area contributed by atoms with Gasteiger partial charge in [0.15, 0.2) is 6.10 Å². The van der Waals surface area contributed by atoms with E-state index in [0.717, 1.165) is 128 Å². The molecule has 0 radical (unpaired) electrons. The molecule has 0 fully saturated rings. The molecule has 0 aromatic heterocycles. The molecule has 1 atom stereocenters. The smallest absolute Gasteiger partial charge is 0.306 e. The van der Waals surface area contributed by atoms with Gasteiger partial charge in [0.2, 0.25) is 0 Å². The van der Waals surface area contributed by atoms with E-state index < -0.39 is 6.10 Å². The normalized spacial score (nSPS) is 13.0. The molecule has 64 heavy (non-hydrogen) atoms. The van der Waals surface area contributed by atoms with E-state index in [1.807, 2.05) is 0 Å². The highest BCUT2D eigenvalue weighted by molar-refractivity contribution is 5.71. The van der Waals surface area contributed by atoms with Crippen LogP contribution >= 0.6 is 0 Å². The quantitative estimate of drug-likeness (QED) is 0.0262. The number of allylic oxidation sites excluding steroid dienone is 18. The third kappa shape index (κ3) is 49.1. The van der Waals surface area contributed by atoms with Crippen LogP contribution in [0.5, 0.6) is 0 Å². The fourth-order valence-electron chi connectivity index (χ4n) is 6.66. The third-order valence-corrected chi connectivity index (χ3v) is 10.5. The predicted octanol–water partition coefficient (Wildman–Crippen LogP) is 17.1. The molecule has 0 bridgehead atoms. The lowest BCUT2D eigenvalue weighted by Crippen LogP contribution is -2.30. The summed E-state index contributed by atoms with van der Waals surface area (Å²) >= 11 is 0. The van der Waals surface area contributed by atoms with Crippen molar-refractivity contribution in [2.45, 2.75) is 226 Å². The van der Waals surface area contributed by atoms with Crippen molar-refractivity contribution in [2.75, 3.05) is 13.2 Å². The maximum atomic E-state index is 12.8. The number of unbranched alkanes of at least 4 members (excludes halogenated alkanes) is 16. The minimum Gasteiger partial charge on any atom is -0.462 e. The minimum absolute atomic E-state index is 0.109. The van der Waals surface area contributed by atoms with E-state index in [9.17, 15) is 14.4 Å². The van der Waals surface area contributed by atoms with Crippen molar-refractivity contribution in [1.29, 1.82) is 0 Å². The summed E-state index contributed by atoms with van der Waals surface area (Å²) in [5, 5.41) is 0. The van der Waals surface area contributed by atoms with Crippen LogP contribution in [0.25, 0.3) is 0 Å². The highest BCUT2D eigenvalue weighted by atomic mass is 16.6. The molecule has 0 saturated heterocycles. The molecule has 0 saturated carbocycles. The van der Waals surface area contributed by atoms with Crippen molar-refractivity contribution in [3.8, 4) is 0 Å². The van der Waals surface area contributed by atoms with E-state index in [-0.39, 0.29) is 37.5 Å². The highest BCUT2D eigenvalue weighted by Gasteiger charge is 2.19. The lowest BCUT2D eigenvalue weighted by atomic mass is 10.1. The minimum atomic E-state index is -0.815. The summed E-state index contributed by atoms with van der Waals surface area (Å²) in [5.74, 6) is -1.00. The molecule has 0 heterocycles. The van der Waals surface area contributed by atoms with Crippen LogP contribution in [0.1, 0.15) is 220 Å². The summed E-state index contributed by atoms with van der Waals surface area (Å²) in [7, 11) is 0. The van der Waals surface area contributed by atoms with Crippen LogP contribution in [0.3, 0.4) is 0 Å². The zero-order valence-corrected chi connectivity index (χ0v) is 41.3. The molecule has 0 N–H and O–H groups in total. The van der Waals surface area contributed by atoms with Crippen molar-refractivity contribution < 1.29 is 28.6 Å². The van der Waals surface area contributed by atoms with E-state index in [4.69, 9.17) is 14.2 Å². The second-order valence-corrected chi connectivity index (χ2v) is 16.7. The van der Waals surface area contributed by atoms with Crippen molar-refractivity contribution in [1.82, 2.24) is 0 Å². The number of hydrogen-bond donors (Lipinski definition) is 0. The molecule has 0 spiro atoms. The molecule has 6 heteroatoms. The van der Waals surface area contributed by atoms with Gasteiger partial charge in [0.1, 0.15) is 13.2 Å². The number of esters is 3. The van der Waals surface area contributed by atoms with Gasteiger partial charge in [0.25, 0.3) is 0 Å². The Labute approximate surface area is 393 Å². The Morgan fingerprint density at radius 3 is 1.03 bits per heavy atom. The molecule has 0 aromatic rings. The van der Waals surface area contributed by atoms with Gasteiger partial charge in [-0.1, -0.05) is 194 Å². The first kappa shape index (κ1) is 60.1. The van der Waals surface area contributed by atoms with Crippen LogP contribution in [0.2, 0.25) is 0 Å². The highest BCUT2D eigenvalue weighted by Crippen LogP contribution is 2.13. The van der Waals surface area contributed by atoms with Crippen LogP contribution in [-0.2, 0) is 28.6 Å². The number of rotatable bonds is 45. The first-order valence-electron chi connectivity index (χ1n) is 25.9. The van der Waals surface area contributed by atoms with Gasteiger partial charge in [0.05, 0.1) is 0 Å². The van der Waals surface area contributed by atoms with E-state index in [2.05, 4.69) is 130 Å². The number of hydrogen-bond acceptors (Lipinski definition) is 6. The second kappa shape index (κ2) is 51.7. The zero-order valence-electron chi connectivity index (χ0n) is 41.3. The number of ether oxygens (including phenoxy) is 3. The van der Waals surface area contributed by atoms with Gasteiger partial charge < -0.3 is 14.2 Å². The second-order valence-electron chi connectivity index (χ2n) is 16.7. The Morgan fingerprint density at radius 1 is 0.328 bits per heavy atom. The molecule has 362 valence electrons. The average molecular weight is 887 g/mol. The summed E-state index contributed by atoms with van der Waals surface area (Å²) < 4.78 is 16.7. The predicted molar refractivity (Wildman–Crippen MR) is 274 cm³/mol.